The first-order chi connectivity index (χ1) is 12.4. The van der Waals surface area contributed by atoms with E-state index in [-0.39, 0.29) is 36.0 Å². The number of methoxy groups -OCH3 is 1. The minimum absolute atomic E-state index is 0.00897. The molecule has 6 nitrogen and oxygen atoms in total. The number of aryl methyl sites for hydroxylation is 1. The van der Waals surface area contributed by atoms with Crippen LogP contribution in [0.5, 0.6) is 0 Å². The molecule has 1 fully saturated rings. The van der Waals surface area contributed by atoms with E-state index in [1.54, 1.807) is 13.2 Å². The molecule has 4 atom stereocenters. The molecule has 1 aliphatic carbocycles. The summed E-state index contributed by atoms with van der Waals surface area (Å²) < 4.78 is 11.0. The molecule has 0 aliphatic heterocycles. The average Bonchev–Trinajstić information content (AvgIpc) is 2.58. The molecule has 26 heavy (non-hydrogen) atoms. The minimum atomic E-state index is -0.605. The molecule has 1 aliphatic rings. The van der Waals surface area contributed by atoms with Crippen LogP contribution in [0.4, 0.5) is 0 Å². The van der Waals surface area contributed by atoms with Crippen LogP contribution in [0.2, 0.25) is 0 Å². The number of rotatable bonds is 8. The van der Waals surface area contributed by atoms with Crippen LogP contribution in [0.15, 0.2) is 24.3 Å². The molecule has 2 amide bonds. The van der Waals surface area contributed by atoms with Gasteiger partial charge in [0.1, 0.15) is 12.1 Å². The third-order valence-electron chi connectivity index (χ3n) is 4.75. The van der Waals surface area contributed by atoms with Gasteiger partial charge in [-0.15, -0.1) is 0 Å². The lowest BCUT2D eigenvalue weighted by molar-refractivity contribution is -0.144. The Morgan fingerprint density at radius 1 is 1.31 bits per heavy atom. The number of carbonyl (C=O) groups is 2. The van der Waals surface area contributed by atoms with Gasteiger partial charge in [-0.3, -0.25) is 9.59 Å². The third-order valence-corrected chi connectivity index (χ3v) is 4.75. The molecule has 0 unspecified atom stereocenters. The van der Waals surface area contributed by atoms with Crippen LogP contribution < -0.4 is 10.6 Å². The Hall–Kier alpha value is -1.92. The second kappa shape index (κ2) is 9.14. The molecule has 0 radical (unpaired) electrons. The van der Waals surface area contributed by atoms with Crippen molar-refractivity contribution in [2.75, 3.05) is 13.7 Å². The third kappa shape index (κ3) is 4.83. The van der Waals surface area contributed by atoms with Crippen molar-refractivity contribution in [1.29, 1.82) is 0 Å². The van der Waals surface area contributed by atoms with Gasteiger partial charge in [-0.25, -0.2) is 0 Å². The molecule has 0 spiro atoms. The van der Waals surface area contributed by atoms with Gasteiger partial charge in [0, 0.05) is 19.3 Å². The second-order valence-corrected chi connectivity index (χ2v) is 7.11. The van der Waals surface area contributed by atoms with Gasteiger partial charge in [-0.05, 0) is 38.3 Å². The number of hydrogen-bond donors (Lipinski definition) is 2. The van der Waals surface area contributed by atoms with Crippen molar-refractivity contribution in [2.24, 2.45) is 5.92 Å². The van der Waals surface area contributed by atoms with Crippen LogP contribution in [0.25, 0.3) is 0 Å². The molecule has 2 N–H and O–H groups in total. The van der Waals surface area contributed by atoms with Crippen LogP contribution >= 0.6 is 0 Å². The topological polar surface area (TPSA) is 76.7 Å². The molecule has 0 heterocycles. The van der Waals surface area contributed by atoms with Gasteiger partial charge < -0.3 is 20.1 Å². The summed E-state index contributed by atoms with van der Waals surface area (Å²) in [4.78, 5) is 25.2. The maximum atomic E-state index is 12.7. The molecule has 6 heteroatoms. The molecular weight excluding hydrogens is 332 g/mol. The summed E-state index contributed by atoms with van der Waals surface area (Å²) >= 11 is 0. The Kier molecular flexibility index (Phi) is 7.17. The Labute approximate surface area is 155 Å². The molecule has 144 valence electrons. The van der Waals surface area contributed by atoms with E-state index >= 15 is 0 Å². The highest BCUT2D eigenvalue weighted by Crippen LogP contribution is 2.27. The first kappa shape index (κ1) is 20.4. The number of ether oxygens (including phenoxy) is 2. The van der Waals surface area contributed by atoms with Gasteiger partial charge in [0.05, 0.1) is 12.1 Å². The van der Waals surface area contributed by atoms with Crippen molar-refractivity contribution >= 4 is 11.8 Å². The number of amides is 2. The van der Waals surface area contributed by atoms with Crippen molar-refractivity contribution in [1.82, 2.24) is 10.6 Å². The Morgan fingerprint density at radius 3 is 2.62 bits per heavy atom. The number of benzene rings is 1. The molecule has 1 aromatic carbocycles. The predicted octanol–water partition coefficient (Wildman–Crippen LogP) is 2.06. The zero-order chi connectivity index (χ0) is 19.3. The van der Waals surface area contributed by atoms with Crippen LogP contribution in [0, 0.1) is 12.8 Å². The van der Waals surface area contributed by atoms with E-state index in [1.165, 1.54) is 0 Å². The van der Waals surface area contributed by atoms with Crippen LogP contribution in [0.1, 0.15) is 43.1 Å². The number of hydrogen-bond acceptors (Lipinski definition) is 4. The van der Waals surface area contributed by atoms with E-state index in [0.29, 0.717) is 18.6 Å². The van der Waals surface area contributed by atoms with Crippen LogP contribution in [-0.4, -0.2) is 49.8 Å². The van der Waals surface area contributed by atoms with E-state index < -0.39 is 6.04 Å². The summed E-state index contributed by atoms with van der Waals surface area (Å²) in [5, 5.41) is 5.86. The highest BCUT2D eigenvalue weighted by atomic mass is 16.5. The van der Waals surface area contributed by atoms with E-state index in [2.05, 4.69) is 10.6 Å². The first-order valence-corrected chi connectivity index (χ1v) is 9.19. The molecule has 2 rings (SSSR count). The first-order valence-electron chi connectivity index (χ1n) is 9.19. The lowest BCUT2D eigenvalue weighted by Gasteiger charge is -2.43. The minimum Gasteiger partial charge on any atom is -0.377 e. The number of nitrogens with one attached hydrogen (secondary N) is 2. The fraction of sp³-hybridized carbons (Fsp3) is 0.600. The smallest absolute Gasteiger partial charge is 0.251 e. The molecule has 1 saturated carbocycles. The van der Waals surface area contributed by atoms with Crippen LogP contribution in [0.3, 0.4) is 0 Å². The lowest BCUT2D eigenvalue weighted by atomic mass is 9.84. The highest BCUT2D eigenvalue weighted by molar-refractivity contribution is 5.97. The van der Waals surface area contributed by atoms with Crippen LogP contribution in [-0.2, 0) is 14.3 Å². The average molecular weight is 362 g/mol. The number of carbonyl (C=O) groups excluding carboxylic acids is 2. The maximum Gasteiger partial charge on any atom is 0.251 e. The Balaban J connectivity index is 1.98. The Bertz CT molecular complexity index is 632. The van der Waals surface area contributed by atoms with Gasteiger partial charge in [-0.1, -0.05) is 31.5 Å². The molecule has 0 saturated heterocycles. The zero-order valence-electron chi connectivity index (χ0n) is 16.2. The standard InChI is InChI=1S/C20H30N2O4/c1-6-26-16-11-15(18(16)25-5)21-20(24)17(12(2)3)22-19(23)14-9-7-8-13(4)10-14/h7-10,12,15-18H,6,11H2,1-5H3,(H,21,24)(H,22,23)/t15-,16+,17-,18-/m0/s1. The molecule has 1 aromatic rings. The summed E-state index contributed by atoms with van der Waals surface area (Å²) in [7, 11) is 1.62. The second-order valence-electron chi connectivity index (χ2n) is 7.11. The van der Waals surface area contributed by atoms with E-state index in [4.69, 9.17) is 9.47 Å². The largest absolute Gasteiger partial charge is 0.377 e. The predicted molar refractivity (Wildman–Crippen MR) is 100 cm³/mol. The van der Waals surface area contributed by atoms with Crippen molar-refractivity contribution < 1.29 is 19.1 Å². The van der Waals surface area contributed by atoms with E-state index in [9.17, 15) is 9.59 Å². The van der Waals surface area contributed by atoms with Gasteiger partial charge in [0.25, 0.3) is 5.91 Å². The summed E-state index contributed by atoms with van der Waals surface area (Å²) in [6, 6.07) is 6.62. The SMILES string of the molecule is CCO[C@@H]1C[C@H](NC(=O)[C@@H](NC(=O)c2cccc(C)c2)C(C)C)[C@@H]1OC. The zero-order valence-corrected chi connectivity index (χ0v) is 16.2. The maximum absolute atomic E-state index is 12.7. The normalized spacial score (nSPS) is 23.2. The van der Waals surface area contributed by atoms with Crippen molar-refractivity contribution in [2.45, 2.75) is 58.4 Å². The van der Waals surface area contributed by atoms with Crippen molar-refractivity contribution in [3.05, 3.63) is 35.4 Å². The van der Waals surface area contributed by atoms with E-state index in [1.807, 2.05) is 45.9 Å². The quantitative estimate of drug-likeness (QED) is 0.742. The van der Waals surface area contributed by atoms with Gasteiger partial charge in [0.2, 0.25) is 5.91 Å². The summed E-state index contributed by atoms with van der Waals surface area (Å²) in [6.07, 6.45) is 0.572. The fourth-order valence-corrected chi connectivity index (χ4v) is 3.23. The highest BCUT2D eigenvalue weighted by Gasteiger charge is 2.43. The summed E-state index contributed by atoms with van der Waals surface area (Å²) in [6.45, 7) is 8.32. The van der Waals surface area contributed by atoms with E-state index in [0.717, 1.165) is 5.56 Å². The van der Waals surface area contributed by atoms with Gasteiger partial charge in [0.15, 0.2) is 0 Å². The Morgan fingerprint density at radius 2 is 2.04 bits per heavy atom. The molecule has 0 aromatic heterocycles. The summed E-state index contributed by atoms with van der Waals surface area (Å²) in [5.74, 6) is -0.470. The fourth-order valence-electron chi connectivity index (χ4n) is 3.23. The molecule has 0 bridgehead atoms. The lowest BCUT2D eigenvalue weighted by Crippen LogP contribution is -2.63. The summed E-state index contributed by atoms with van der Waals surface area (Å²) in [5.41, 5.74) is 1.56. The van der Waals surface area contributed by atoms with Crippen molar-refractivity contribution in [3.63, 3.8) is 0 Å². The van der Waals surface area contributed by atoms with Gasteiger partial charge >= 0.3 is 0 Å². The van der Waals surface area contributed by atoms with Crippen molar-refractivity contribution in [3.8, 4) is 0 Å². The van der Waals surface area contributed by atoms with Gasteiger partial charge in [-0.2, -0.15) is 0 Å². The monoisotopic (exact) mass is 362 g/mol. The molecular formula is C20H30N2O4.